The van der Waals surface area contributed by atoms with E-state index >= 15 is 0 Å². The average Bonchev–Trinajstić information content (AvgIpc) is 2.83. The van der Waals surface area contributed by atoms with E-state index in [0.717, 1.165) is 24.2 Å². The summed E-state index contributed by atoms with van der Waals surface area (Å²) >= 11 is 0. The lowest BCUT2D eigenvalue weighted by molar-refractivity contribution is 0.242. The summed E-state index contributed by atoms with van der Waals surface area (Å²) in [5, 5.41) is 0. The lowest BCUT2D eigenvalue weighted by Gasteiger charge is -2.22. The van der Waals surface area contributed by atoms with Crippen LogP contribution in [0.5, 0.6) is 5.75 Å². The highest BCUT2D eigenvalue weighted by Crippen LogP contribution is 2.40. The molecule has 1 aliphatic rings. The van der Waals surface area contributed by atoms with Crippen molar-refractivity contribution >= 4 is 15.7 Å². The first-order valence-corrected chi connectivity index (χ1v) is 12.1. The van der Waals surface area contributed by atoms with Crippen LogP contribution in [-0.2, 0) is 22.9 Å². The van der Waals surface area contributed by atoms with Crippen molar-refractivity contribution in [3.63, 3.8) is 0 Å². The number of benzene rings is 3. The fraction of sp³-hybridized carbons (Fsp3) is 0.280. The summed E-state index contributed by atoms with van der Waals surface area (Å²) in [4.78, 5) is 0. The number of nitrogens with one attached hydrogen (secondary N) is 1. The molecule has 0 saturated heterocycles. The van der Waals surface area contributed by atoms with Crippen LogP contribution < -0.4 is 9.46 Å². The van der Waals surface area contributed by atoms with Gasteiger partial charge in [0.15, 0.2) is 0 Å². The van der Waals surface area contributed by atoms with Gasteiger partial charge in [-0.15, -0.1) is 0 Å². The monoisotopic (exact) mass is 421 g/mol. The third-order valence-electron chi connectivity index (χ3n) is 5.35. The number of anilines is 1. The van der Waals surface area contributed by atoms with Gasteiger partial charge in [0.25, 0.3) is 0 Å². The number of hydrogen-bond donors (Lipinski definition) is 1. The molecule has 3 aromatic rings. The second-order valence-electron chi connectivity index (χ2n) is 8.16. The molecule has 156 valence electrons. The molecule has 4 rings (SSSR count). The van der Waals surface area contributed by atoms with Crippen LogP contribution in [0.4, 0.5) is 5.69 Å². The van der Waals surface area contributed by atoms with Crippen molar-refractivity contribution in [1.29, 1.82) is 0 Å². The smallest absolute Gasteiger partial charge is 0.229 e. The van der Waals surface area contributed by atoms with E-state index in [-0.39, 0.29) is 12.0 Å². The molecule has 1 aliphatic carbocycles. The normalized spacial score (nSPS) is 15.8. The van der Waals surface area contributed by atoms with E-state index < -0.39 is 10.0 Å². The Kier molecular flexibility index (Phi) is 5.56. The molecular formula is C25H27NO3S. The Morgan fingerprint density at radius 3 is 2.40 bits per heavy atom. The molecule has 0 aromatic heterocycles. The molecule has 0 aliphatic heterocycles. The zero-order valence-electron chi connectivity index (χ0n) is 17.6. The molecule has 4 nitrogen and oxygen atoms in total. The quantitative estimate of drug-likeness (QED) is 0.622. The van der Waals surface area contributed by atoms with Crippen molar-refractivity contribution in [3.05, 3.63) is 94.5 Å². The van der Waals surface area contributed by atoms with Gasteiger partial charge in [0, 0.05) is 11.6 Å². The molecule has 30 heavy (non-hydrogen) atoms. The van der Waals surface area contributed by atoms with Crippen LogP contribution in [0, 0.1) is 0 Å². The van der Waals surface area contributed by atoms with Crippen molar-refractivity contribution in [2.75, 3.05) is 11.0 Å². The standard InChI is InChI=1S/C25H27NO3S/c1-17(2)29-22-13-14-24-19(16-22)12-11-18-7-4-5-10-23(18)25(24)20-8-6-9-21(15-20)26-30(3,27)28/h4-10,13-17,25-26H,11-12H2,1-3H3. The molecule has 0 saturated carbocycles. The van der Waals surface area contributed by atoms with Gasteiger partial charge in [-0.2, -0.15) is 0 Å². The van der Waals surface area contributed by atoms with Crippen LogP contribution in [0.1, 0.15) is 47.6 Å². The van der Waals surface area contributed by atoms with Crippen molar-refractivity contribution in [2.45, 2.75) is 38.7 Å². The highest BCUT2D eigenvalue weighted by atomic mass is 32.2. The van der Waals surface area contributed by atoms with E-state index in [0.29, 0.717) is 5.69 Å². The second-order valence-corrected chi connectivity index (χ2v) is 9.91. The Balaban J connectivity index is 1.85. The van der Waals surface area contributed by atoms with Crippen LogP contribution >= 0.6 is 0 Å². The van der Waals surface area contributed by atoms with Gasteiger partial charge < -0.3 is 4.74 Å². The maximum absolute atomic E-state index is 11.7. The predicted octanol–water partition coefficient (Wildman–Crippen LogP) is 5.12. The Labute approximate surface area is 179 Å². The zero-order valence-corrected chi connectivity index (χ0v) is 18.4. The third kappa shape index (κ3) is 4.51. The summed E-state index contributed by atoms with van der Waals surface area (Å²) in [7, 11) is -3.34. The molecule has 1 N–H and O–H groups in total. The van der Waals surface area contributed by atoms with Crippen LogP contribution in [0.3, 0.4) is 0 Å². The lowest BCUT2D eigenvalue weighted by Crippen LogP contribution is -2.11. The fourth-order valence-corrected chi connectivity index (χ4v) is 4.82. The van der Waals surface area contributed by atoms with Crippen LogP contribution in [0.25, 0.3) is 0 Å². The van der Waals surface area contributed by atoms with Gasteiger partial charge in [-0.25, -0.2) is 8.42 Å². The number of ether oxygens (including phenoxy) is 1. The minimum Gasteiger partial charge on any atom is -0.491 e. The summed E-state index contributed by atoms with van der Waals surface area (Å²) in [6, 6.07) is 22.6. The van der Waals surface area contributed by atoms with Crippen LogP contribution in [0.2, 0.25) is 0 Å². The maximum Gasteiger partial charge on any atom is 0.229 e. The molecular weight excluding hydrogens is 394 g/mol. The first-order valence-electron chi connectivity index (χ1n) is 10.3. The molecule has 3 aromatic carbocycles. The molecule has 0 amide bonds. The summed E-state index contributed by atoms with van der Waals surface area (Å²) < 4.78 is 32.0. The largest absolute Gasteiger partial charge is 0.491 e. The molecule has 1 atom stereocenters. The minimum atomic E-state index is -3.34. The number of sulfonamides is 1. The maximum atomic E-state index is 11.7. The van der Waals surface area contributed by atoms with Crippen LogP contribution in [-0.4, -0.2) is 20.8 Å². The van der Waals surface area contributed by atoms with Crippen molar-refractivity contribution in [2.24, 2.45) is 0 Å². The number of rotatable bonds is 5. The molecule has 5 heteroatoms. The SMILES string of the molecule is CC(C)Oc1ccc2c(c1)CCc1ccccc1C2c1cccc(NS(C)(=O)=O)c1. The number of aryl methyl sites for hydroxylation is 2. The summed E-state index contributed by atoms with van der Waals surface area (Å²) in [5.74, 6) is 0.925. The summed E-state index contributed by atoms with van der Waals surface area (Å²) in [6.45, 7) is 4.06. The molecule has 0 spiro atoms. The van der Waals surface area contributed by atoms with Crippen molar-refractivity contribution in [1.82, 2.24) is 0 Å². The Bertz CT molecular complexity index is 1170. The van der Waals surface area contributed by atoms with E-state index in [1.807, 2.05) is 32.0 Å². The van der Waals surface area contributed by atoms with Gasteiger partial charge in [-0.1, -0.05) is 42.5 Å². The Morgan fingerprint density at radius 1 is 0.900 bits per heavy atom. The topological polar surface area (TPSA) is 55.4 Å². The van der Waals surface area contributed by atoms with E-state index in [2.05, 4.69) is 47.2 Å². The van der Waals surface area contributed by atoms with Gasteiger partial charge in [-0.05, 0) is 78.8 Å². The van der Waals surface area contributed by atoms with Gasteiger partial charge >= 0.3 is 0 Å². The minimum absolute atomic E-state index is 0.0353. The molecule has 0 bridgehead atoms. The fourth-order valence-electron chi connectivity index (χ4n) is 4.26. The molecule has 0 fully saturated rings. The van der Waals surface area contributed by atoms with Gasteiger partial charge in [0.05, 0.1) is 12.4 Å². The van der Waals surface area contributed by atoms with Gasteiger partial charge in [-0.3, -0.25) is 4.72 Å². The first kappa shape index (κ1) is 20.5. The predicted molar refractivity (Wildman–Crippen MR) is 122 cm³/mol. The van der Waals surface area contributed by atoms with E-state index in [1.165, 1.54) is 28.5 Å². The number of fused-ring (bicyclic) bond motifs is 2. The van der Waals surface area contributed by atoms with E-state index in [9.17, 15) is 8.42 Å². The van der Waals surface area contributed by atoms with Crippen molar-refractivity contribution < 1.29 is 13.2 Å². The van der Waals surface area contributed by atoms with E-state index in [4.69, 9.17) is 4.74 Å². The van der Waals surface area contributed by atoms with Crippen LogP contribution in [0.15, 0.2) is 66.7 Å². The Morgan fingerprint density at radius 2 is 1.63 bits per heavy atom. The molecule has 0 radical (unpaired) electrons. The zero-order chi connectivity index (χ0) is 21.3. The molecule has 1 unspecified atom stereocenters. The van der Waals surface area contributed by atoms with Gasteiger partial charge in [0.1, 0.15) is 5.75 Å². The summed E-state index contributed by atoms with van der Waals surface area (Å²) in [5.41, 5.74) is 6.76. The third-order valence-corrected chi connectivity index (χ3v) is 5.96. The first-order chi connectivity index (χ1) is 14.3. The second kappa shape index (κ2) is 8.15. The van der Waals surface area contributed by atoms with E-state index in [1.54, 1.807) is 6.07 Å². The Hall–Kier alpha value is -2.79. The molecule has 0 heterocycles. The number of hydrogen-bond acceptors (Lipinski definition) is 3. The van der Waals surface area contributed by atoms with Crippen molar-refractivity contribution in [3.8, 4) is 5.75 Å². The highest BCUT2D eigenvalue weighted by Gasteiger charge is 2.26. The lowest BCUT2D eigenvalue weighted by atomic mass is 9.82. The van der Waals surface area contributed by atoms with Gasteiger partial charge in [0.2, 0.25) is 10.0 Å². The highest BCUT2D eigenvalue weighted by molar-refractivity contribution is 7.92. The summed E-state index contributed by atoms with van der Waals surface area (Å²) in [6.07, 6.45) is 3.21. The average molecular weight is 422 g/mol.